The average molecular weight is 183 g/mol. The number of thioether (sulfide) groups is 1. The molecule has 0 atom stereocenters. The summed E-state index contributed by atoms with van der Waals surface area (Å²) in [5, 5.41) is 7.19. The number of aromatic nitrogens is 1. The van der Waals surface area contributed by atoms with Crippen LogP contribution in [-0.2, 0) is 6.54 Å². The first kappa shape index (κ1) is 9.19. The van der Waals surface area contributed by atoms with Gasteiger partial charge in [0.15, 0.2) is 5.17 Å². The van der Waals surface area contributed by atoms with Crippen LogP contribution in [0.15, 0.2) is 24.5 Å². The number of nitrogens with two attached hydrogens (primary N) is 1. The van der Waals surface area contributed by atoms with E-state index in [0.29, 0.717) is 0 Å². The molecule has 1 rings (SSSR count). The number of hydrogen-bond donors (Lipinski definition) is 2. The molecule has 0 spiro atoms. The first-order valence-corrected chi connectivity index (χ1v) is 4.85. The largest absolute Gasteiger partial charge is 0.379 e. The van der Waals surface area contributed by atoms with Crippen molar-refractivity contribution in [3.63, 3.8) is 0 Å². The molecule has 0 aliphatic heterocycles. The second-order valence-corrected chi connectivity index (χ2v) is 3.62. The van der Waals surface area contributed by atoms with Gasteiger partial charge in [-0.15, -0.1) is 0 Å². The van der Waals surface area contributed by atoms with Crippen molar-refractivity contribution in [2.75, 3.05) is 5.75 Å². The van der Waals surface area contributed by atoms with Crippen LogP contribution in [0.3, 0.4) is 0 Å². The van der Waals surface area contributed by atoms with Crippen LogP contribution in [0.5, 0.6) is 0 Å². The molecule has 1 aromatic heterocycles. The van der Waals surface area contributed by atoms with Crippen LogP contribution < -0.4 is 5.73 Å². The zero-order chi connectivity index (χ0) is 8.81. The van der Waals surface area contributed by atoms with Gasteiger partial charge in [-0.05, 0) is 18.6 Å². The van der Waals surface area contributed by atoms with Crippen LogP contribution in [0, 0.1) is 5.41 Å². The van der Waals surface area contributed by atoms with E-state index in [1.54, 1.807) is 0 Å². The molecular weight excluding hydrogens is 170 g/mol. The fourth-order valence-corrected chi connectivity index (χ4v) is 1.44. The maximum absolute atomic E-state index is 6.98. The number of nitrogens with one attached hydrogen (secondary N) is 1. The minimum Gasteiger partial charge on any atom is -0.379 e. The van der Waals surface area contributed by atoms with Gasteiger partial charge >= 0.3 is 0 Å². The molecule has 0 aromatic carbocycles. The molecule has 4 heteroatoms. The van der Waals surface area contributed by atoms with Gasteiger partial charge in [-0.25, -0.2) is 0 Å². The Bertz CT molecular complexity index is 230. The van der Waals surface area contributed by atoms with Gasteiger partial charge in [0.2, 0.25) is 0 Å². The monoisotopic (exact) mass is 183 g/mol. The first-order chi connectivity index (χ1) is 5.79. The van der Waals surface area contributed by atoms with Gasteiger partial charge in [-0.3, -0.25) is 5.41 Å². The lowest BCUT2D eigenvalue weighted by Crippen LogP contribution is -2.05. The summed E-state index contributed by atoms with van der Waals surface area (Å²) in [4.78, 5) is 0. The van der Waals surface area contributed by atoms with E-state index in [9.17, 15) is 0 Å². The van der Waals surface area contributed by atoms with Crippen molar-refractivity contribution in [2.45, 2.75) is 13.0 Å². The Balaban J connectivity index is 2.07. The van der Waals surface area contributed by atoms with Crippen molar-refractivity contribution in [3.05, 3.63) is 24.5 Å². The van der Waals surface area contributed by atoms with Crippen molar-refractivity contribution >= 4 is 16.9 Å². The molecule has 66 valence electrons. The Hall–Kier alpha value is -0.900. The number of amidine groups is 1. The predicted octanol–water partition coefficient (Wildman–Crippen LogP) is 1.50. The lowest BCUT2D eigenvalue weighted by Gasteiger charge is -2.01. The Labute approximate surface area is 76.5 Å². The third kappa shape index (κ3) is 3.48. The van der Waals surface area contributed by atoms with Crippen LogP contribution in [0.4, 0.5) is 0 Å². The predicted molar refractivity (Wildman–Crippen MR) is 53.4 cm³/mol. The minimum absolute atomic E-state index is 0.211. The molecule has 0 aliphatic carbocycles. The van der Waals surface area contributed by atoms with Crippen LogP contribution in [-0.4, -0.2) is 15.5 Å². The van der Waals surface area contributed by atoms with Gasteiger partial charge < -0.3 is 10.3 Å². The van der Waals surface area contributed by atoms with Crippen LogP contribution in [0.2, 0.25) is 0 Å². The SMILES string of the molecule is N=C(N)SCCCn1cccc1. The van der Waals surface area contributed by atoms with Crippen molar-refractivity contribution in [3.8, 4) is 0 Å². The summed E-state index contributed by atoms with van der Waals surface area (Å²) in [6.45, 7) is 1.01. The quantitative estimate of drug-likeness (QED) is 0.422. The molecule has 3 nitrogen and oxygen atoms in total. The van der Waals surface area contributed by atoms with Crippen LogP contribution in [0.25, 0.3) is 0 Å². The number of rotatable bonds is 4. The summed E-state index contributed by atoms with van der Waals surface area (Å²) >= 11 is 1.40. The average Bonchev–Trinajstić information content (AvgIpc) is 2.49. The fourth-order valence-electron chi connectivity index (χ4n) is 0.948. The molecule has 0 bridgehead atoms. The van der Waals surface area contributed by atoms with E-state index in [2.05, 4.69) is 4.57 Å². The van der Waals surface area contributed by atoms with E-state index in [1.165, 1.54) is 11.8 Å². The van der Waals surface area contributed by atoms with Crippen LogP contribution >= 0.6 is 11.8 Å². The second kappa shape index (κ2) is 4.87. The van der Waals surface area contributed by atoms with Gasteiger partial charge in [0.1, 0.15) is 0 Å². The lowest BCUT2D eigenvalue weighted by molar-refractivity contribution is 0.689. The smallest absolute Gasteiger partial charge is 0.151 e. The van der Waals surface area contributed by atoms with E-state index in [4.69, 9.17) is 11.1 Å². The second-order valence-electron chi connectivity index (χ2n) is 2.49. The molecule has 0 saturated heterocycles. The van der Waals surface area contributed by atoms with Gasteiger partial charge in [0.05, 0.1) is 0 Å². The molecular formula is C8H13N3S. The molecule has 0 unspecified atom stereocenters. The Morgan fingerprint density at radius 2 is 2.08 bits per heavy atom. The highest BCUT2D eigenvalue weighted by Crippen LogP contribution is 2.02. The maximum atomic E-state index is 6.98. The van der Waals surface area contributed by atoms with Gasteiger partial charge in [0.25, 0.3) is 0 Å². The molecule has 12 heavy (non-hydrogen) atoms. The van der Waals surface area contributed by atoms with E-state index in [0.717, 1.165) is 18.7 Å². The van der Waals surface area contributed by atoms with Crippen molar-refractivity contribution < 1.29 is 0 Å². The summed E-state index contributed by atoms with van der Waals surface area (Å²) in [6, 6.07) is 4.02. The highest BCUT2D eigenvalue weighted by atomic mass is 32.2. The minimum atomic E-state index is 0.211. The summed E-state index contributed by atoms with van der Waals surface area (Å²) in [7, 11) is 0. The van der Waals surface area contributed by atoms with Gasteiger partial charge in [-0.2, -0.15) is 0 Å². The zero-order valence-corrected chi connectivity index (χ0v) is 7.68. The van der Waals surface area contributed by atoms with E-state index >= 15 is 0 Å². The summed E-state index contributed by atoms with van der Waals surface area (Å²) in [6.07, 6.45) is 5.13. The van der Waals surface area contributed by atoms with Gasteiger partial charge in [0, 0.05) is 24.7 Å². The summed E-state index contributed by atoms with van der Waals surface area (Å²) < 4.78 is 2.13. The molecule has 0 saturated carbocycles. The standard InChI is InChI=1S/C8H13N3S/c9-8(10)12-7-3-6-11-4-1-2-5-11/h1-2,4-5H,3,6-7H2,(H3,9,10). The first-order valence-electron chi connectivity index (χ1n) is 3.86. The molecule has 0 fully saturated rings. The Kier molecular flexibility index (Phi) is 3.73. The molecule has 1 aromatic rings. The third-order valence-corrected chi connectivity index (χ3v) is 2.29. The Morgan fingerprint density at radius 1 is 1.42 bits per heavy atom. The molecule has 0 aliphatic rings. The normalized spacial score (nSPS) is 10.0. The van der Waals surface area contributed by atoms with E-state index < -0.39 is 0 Å². The van der Waals surface area contributed by atoms with Crippen molar-refractivity contribution in [2.24, 2.45) is 5.73 Å². The van der Waals surface area contributed by atoms with E-state index in [-0.39, 0.29) is 5.17 Å². The molecule has 0 amide bonds. The molecule has 3 N–H and O–H groups in total. The number of nitrogens with zero attached hydrogens (tertiary/aromatic N) is 1. The topological polar surface area (TPSA) is 54.8 Å². The molecule has 0 radical (unpaired) electrons. The summed E-state index contributed by atoms with van der Waals surface area (Å²) in [5.74, 6) is 0.924. The highest BCUT2D eigenvalue weighted by molar-refractivity contribution is 8.13. The van der Waals surface area contributed by atoms with E-state index in [1.807, 2.05) is 24.5 Å². The maximum Gasteiger partial charge on any atom is 0.151 e. The van der Waals surface area contributed by atoms with Crippen molar-refractivity contribution in [1.82, 2.24) is 4.57 Å². The van der Waals surface area contributed by atoms with Crippen LogP contribution in [0.1, 0.15) is 6.42 Å². The number of hydrogen-bond acceptors (Lipinski definition) is 2. The molecule has 1 heterocycles. The Morgan fingerprint density at radius 3 is 2.67 bits per heavy atom. The number of aryl methyl sites for hydroxylation is 1. The van der Waals surface area contributed by atoms with Gasteiger partial charge in [-0.1, -0.05) is 11.8 Å². The third-order valence-electron chi connectivity index (χ3n) is 1.48. The van der Waals surface area contributed by atoms with Crippen molar-refractivity contribution in [1.29, 1.82) is 5.41 Å². The zero-order valence-electron chi connectivity index (χ0n) is 6.86. The fraction of sp³-hybridized carbons (Fsp3) is 0.375. The summed E-state index contributed by atoms with van der Waals surface area (Å²) in [5.41, 5.74) is 5.19. The highest BCUT2D eigenvalue weighted by Gasteiger charge is 1.92. The lowest BCUT2D eigenvalue weighted by atomic mass is 10.5.